The molecule has 2 heterocycles. The molecule has 0 radical (unpaired) electrons. The van der Waals surface area contributed by atoms with Crippen LogP contribution in [0.5, 0.6) is 0 Å². The fourth-order valence-electron chi connectivity index (χ4n) is 3.19. The first kappa shape index (κ1) is 18.0. The van der Waals surface area contributed by atoms with Crippen molar-refractivity contribution in [2.45, 2.75) is 4.90 Å². The van der Waals surface area contributed by atoms with E-state index in [0.717, 1.165) is 0 Å². The maximum atomic E-state index is 13.1. The minimum atomic E-state index is -3.93. The van der Waals surface area contributed by atoms with E-state index < -0.39 is 15.7 Å². The van der Waals surface area contributed by atoms with Crippen LogP contribution in [-0.4, -0.2) is 45.5 Å². The standard InChI is InChI=1S/C19H17ClN2O4S/c20-14-4-3-5-15(12-14)22-13-18(19(23)21-8-10-26-11-9-21)27(24,25)17-7-2-1-6-16(17)22/h1-7,12-13H,8-11H2. The smallest absolute Gasteiger partial charge is 0.267 e. The normalized spacial score (nSPS) is 18.6. The summed E-state index contributed by atoms with van der Waals surface area (Å²) < 4.78 is 31.5. The highest BCUT2D eigenvalue weighted by molar-refractivity contribution is 7.96. The van der Waals surface area contributed by atoms with Gasteiger partial charge in [0.15, 0.2) is 4.91 Å². The lowest BCUT2D eigenvalue weighted by atomic mass is 10.2. The number of ether oxygens (including phenoxy) is 1. The molecule has 0 saturated carbocycles. The van der Waals surface area contributed by atoms with Crippen molar-refractivity contribution in [3.8, 4) is 0 Å². The number of amides is 1. The SMILES string of the molecule is O=C(C1=CN(c2cccc(Cl)c2)c2ccccc2S1(=O)=O)N1CCOCC1. The molecule has 0 aliphatic carbocycles. The Kier molecular flexibility index (Phi) is 4.67. The van der Waals surface area contributed by atoms with Gasteiger partial charge in [-0.2, -0.15) is 0 Å². The van der Waals surface area contributed by atoms with Crippen LogP contribution in [0.4, 0.5) is 11.4 Å². The highest BCUT2D eigenvalue weighted by atomic mass is 35.5. The summed E-state index contributed by atoms with van der Waals surface area (Å²) in [6.07, 6.45) is 1.39. The lowest BCUT2D eigenvalue weighted by molar-refractivity contribution is -0.130. The summed E-state index contributed by atoms with van der Waals surface area (Å²) in [7, 11) is -3.93. The van der Waals surface area contributed by atoms with E-state index in [1.54, 1.807) is 41.3 Å². The molecule has 140 valence electrons. The molecule has 0 bridgehead atoms. The number of nitrogens with zero attached hydrogens (tertiary/aromatic N) is 2. The van der Waals surface area contributed by atoms with Crippen molar-refractivity contribution in [2.75, 3.05) is 31.2 Å². The second-order valence-electron chi connectivity index (χ2n) is 6.22. The van der Waals surface area contributed by atoms with Crippen LogP contribution < -0.4 is 4.90 Å². The molecule has 6 nitrogen and oxygen atoms in total. The van der Waals surface area contributed by atoms with Crippen LogP contribution in [0.25, 0.3) is 0 Å². The summed E-state index contributed by atoms with van der Waals surface area (Å²) in [5.41, 5.74) is 1.16. The van der Waals surface area contributed by atoms with E-state index in [9.17, 15) is 13.2 Å². The Balaban J connectivity index is 1.86. The van der Waals surface area contributed by atoms with Gasteiger partial charge in [-0.15, -0.1) is 0 Å². The van der Waals surface area contributed by atoms with E-state index in [-0.39, 0.29) is 9.80 Å². The van der Waals surface area contributed by atoms with E-state index in [1.165, 1.54) is 17.2 Å². The number of anilines is 2. The van der Waals surface area contributed by atoms with Crippen LogP contribution in [-0.2, 0) is 19.4 Å². The maximum absolute atomic E-state index is 13.1. The van der Waals surface area contributed by atoms with Gasteiger partial charge in [0.1, 0.15) is 0 Å². The molecule has 2 aromatic rings. The largest absolute Gasteiger partial charge is 0.378 e. The van der Waals surface area contributed by atoms with E-state index in [0.29, 0.717) is 42.7 Å². The minimum Gasteiger partial charge on any atom is -0.378 e. The van der Waals surface area contributed by atoms with Gasteiger partial charge < -0.3 is 14.5 Å². The highest BCUT2D eigenvalue weighted by Gasteiger charge is 2.37. The Hall–Kier alpha value is -2.35. The van der Waals surface area contributed by atoms with Crippen molar-refractivity contribution in [3.05, 3.63) is 64.7 Å². The molecular weight excluding hydrogens is 388 g/mol. The van der Waals surface area contributed by atoms with E-state index in [1.807, 2.05) is 6.07 Å². The van der Waals surface area contributed by atoms with Crippen molar-refractivity contribution < 1.29 is 17.9 Å². The van der Waals surface area contributed by atoms with Crippen molar-refractivity contribution >= 4 is 38.7 Å². The van der Waals surface area contributed by atoms with Crippen molar-refractivity contribution in [1.82, 2.24) is 4.90 Å². The van der Waals surface area contributed by atoms with Crippen LogP contribution >= 0.6 is 11.6 Å². The molecule has 2 aromatic carbocycles. The van der Waals surface area contributed by atoms with Crippen molar-refractivity contribution in [1.29, 1.82) is 0 Å². The number of halogens is 1. The Morgan fingerprint density at radius 3 is 2.52 bits per heavy atom. The molecule has 0 aromatic heterocycles. The molecule has 0 N–H and O–H groups in total. The zero-order valence-corrected chi connectivity index (χ0v) is 15.9. The molecule has 8 heteroatoms. The van der Waals surface area contributed by atoms with Crippen LogP contribution in [0.1, 0.15) is 0 Å². The molecule has 2 aliphatic rings. The third kappa shape index (κ3) is 3.22. The van der Waals surface area contributed by atoms with Crippen LogP contribution in [0.2, 0.25) is 5.02 Å². The average molecular weight is 405 g/mol. The highest BCUT2D eigenvalue weighted by Crippen LogP contribution is 2.40. The van der Waals surface area contributed by atoms with Gasteiger partial charge in [0.2, 0.25) is 9.84 Å². The minimum absolute atomic E-state index is 0.101. The van der Waals surface area contributed by atoms with Gasteiger partial charge in [-0.3, -0.25) is 4.79 Å². The number of hydrogen-bond acceptors (Lipinski definition) is 5. The van der Waals surface area contributed by atoms with E-state index in [2.05, 4.69) is 0 Å². The summed E-state index contributed by atoms with van der Waals surface area (Å²) in [5, 5.41) is 0.521. The quantitative estimate of drug-likeness (QED) is 0.769. The lowest BCUT2D eigenvalue weighted by Crippen LogP contribution is -2.43. The molecule has 0 unspecified atom stereocenters. The first-order chi connectivity index (χ1) is 13.0. The zero-order valence-electron chi connectivity index (χ0n) is 14.3. The summed E-state index contributed by atoms with van der Waals surface area (Å²) in [5.74, 6) is -0.514. The predicted molar refractivity (Wildman–Crippen MR) is 103 cm³/mol. The number of hydrogen-bond donors (Lipinski definition) is 0. The van der Waals surface area contributed by atoms with Gasteiger partial charge in [-0.05, 0) is 30.3 Å². The molecule has 4 rings (SSSR count). The number of carbonyl (C=O) groups is 1. The third-order valence-corrected chi connectivity index (χ3v) is 6.56. The topological polar surface area (TPSA) is 66.9 Å². The summed E-state index contributed by atoms with van der Waals surface area (Å²) in [6, 6.07) is 13.7. The second-order valence-corrected chi connectivity index (χ2v) is 8.54. The van der Waals surface area contributed by atoms with Crippen LogP contribution in [0, 0.1) is 0 Å². The van der Waals surface area contributed by atoms with Crippen LogP contribution in [0.3, 0.4) is 0 Å². The van der Waals surface area contributed by atoms with E-state index in [4.69, 9.17) is 16.3 Å². The number of morpholine rings is 1. The van der Waals surface area contributed by atoms with Crippen molar-refractivity contribution in [2.24, 2.45) is 0 Å². The first-order valence-electron chi connectivity index (χ1n) is 8.46. The molecule has 0 atom stereocenters. The van der Waals surface area contributed by atoms with Crippen molar-refractivity contribution in [3.63, 3.8) is 0 Å². The molecule has 27 heavy (non-hydrogen) atoms. The number of sulfone groups is 1. The molecule has 1 fully saturated rings. The monoisotopic (exact) mass is 404 g/mol. The van der Waals surface area contributed by atoms with Gasteiger partial charge in [-0.1, -0.05) is 29.8 Å². The maximum Gasteiger partial charge on any atom is 0.267 e. The summed E-state index contributed by atoms with van der Waals surface area (Å²) in [6.45, 7) is 1.52. The fraction of sp³-hybridized carbons (Fsp3) is 0.211. The first-order valence-corrected chi connectivity index (χ1v) is 10.3. The van der Waals surface area contributed by atoms with Gasteiger partial charge in [0.05, 0.1) is 23.8 Å². The van der Waals surface area contributed by atoms with Gasteiger partial charge in [-0.25, -0.2) is 8.42 Å². The van der Waals surface area contributed by atoms with Gasteiger partial charge in [0, 0.05) is 30.0 Å². The number of rotatable bonds is 2. The Labute approximate surface area is 162 Å². The van der Waals surface area contributed by atoms with Gasteiger partial charge in [0.25, 0.3) is 5.91 Å². The second kappa shape index (κ2) is 6.99. The summed E-state index contributed by atoms with van der Waals surface area (Å²) in [4.78, 5) is 16.0. The molecule has 0 spiro atoms. The number of carbonyl (C=O) groups excluding carboxylic acids is 1. The number of para-hydroxylation sites is 1. The third-order valence-electron chi connectivity index (χ3n) is 4.55. The number of fused-ring (bicyclic) bond motifs is 1. The summed E-state index contributed by atoms with van der Waals surface area (Å²) >= 11 is 6.11. The lowest BCUT2D eigenvalue weighted by Gasteiger charge is -2.32. The molecule has 1 amide bonds. The zero-order chi connectivity index (χ0) is 19.0. The Morgan fingerprint density at radius 2 is 1.78 bits per heavy atom. The van der Waals surface area contributed by atoms with Gasteiger partial charge >= 0.3 is 0 Å². The Morgan fingerprint density at radius 1 is 1.04 bits per heavy atom. The number of benzene rings is 2. The predicted octanol–water partition coefficient (Wildman–Crippen LogP) is 2.97. The van der Waals surface area contributed by atoms with E-state index >= 15 is 0 Å². The molecule has 1 saturated heterocycles. The average Bonchev–Trinajstić information content (AvgIpc) is 2.68. The molecular formula is C19H17ClN2O4S. The van der Waals surface area contributed by atoms with Crippen LogP contribution in [0.15, 0.2) is 64.5 Å². The molecule has 2 aliphatic heterocycles. The Bertz CT molecular complexity index is 1030. The fourth-order valence-corrected chi connectivity index (χ4v) is 4.91.